The van der Waals surface area contributed by atoms with E-state index in [9.17, 15) is 0 Å². The van der Waals surface area contributed by atoms with Crippen LogP contribution in [-0.4, -0.2) is 40.7 Å². The number of hydrogen-bond donors (Lipinski definition) is 1. The Morgan fingerprint density at radius 2 is 2.00 bits per heavy atom. The summed E-state index contributed by atoms with van der Waals surface area (Å²) in [6.07, 6.45) is 5.93. The van der Waals surface area contributed by atoms with Crippen molar-refractivity contribution in [3.8, 4) is 0 Å². The molecule has 1 unspecified atom stereocenters. The first-order chi connectivity index (χ1) is 9.75. The van der Waals surface area contributed by atoms with Crippen LogP contribution in [0.1, 0.15) is 69.6 Å². The zero-order chi connectivity index (χ0) is 13.9. The maximum absolute atomic E-state index is 5.61. The number of likely N-dealkylation sites (tertiary alicyclic amines) is 1. The Hall–Kier alpha value is -0.940. The third kappa shape index (κ3) is 2.88. The Morgan fingerprint density at radius 1 is 1.20 bits per heavy atom. The molecule has 2 fully saturated rings. The zero-order valence-electron chi connectivity index (χ0n) is 12.6. The minimum Gasteiger partial charge on any atom is -0.338 e. The molecule has 1 atom stereocenters. The average Bonchev–Trinajstić information content (AvgIpc) is 2.98. The first-order valence-electron chi connectivity index (χ1n) is 8.05. The molecule has 112 valence electrons. The van der Waals surface area contributed by atoms with E-state index in [0.29, 0.717) is 18.0 Å². The van der Waals surface area contributed by atoms with E-state index in [4.69, 9.17) is 9.51 Å². The van der Waals surface area contributed by atoms with E-state index >= 15 is 0 Å². The van der Waals surface area contributed by atoms with Gasteiger partial charge in [0, 0.05) is 12.0 Å². The Labute approximate surface area is 121 Å². The SMILES string of the molecule is CC(C)N1CCCCC1c1nc(C2CCNCC2)no1. The lowest BCUT2D eigenvalue weighted by atomic mass is 9.97. The molecule has 5 nitrogen and oxygen atoms in total. The number of piperidine rings is 2. The Kier molecular flexibility index (Phi) is 4.36. The smallest absolute Gasteiger partial charge is 0.244 e. The van der Waals surface area contributed by atoms with Crippen molar-refractivity contribution in [2.24, 2.45) is 0 Å². The van der Waals surface area contributed by atoms with Crippen LogP contribution in [0, 0.1) is 0 Å². The molecule has 0 aromatic carbocycles. The summed E-state index contributed by atoms with van der Waals surface area (Å²) in [7, 11) is 0. The number of rotatable bonds is 3. The minimum atomic E-state index is 0.326. The molecule has 20 heavy (non-hydrogen) atoms. The van der Waals surface area contributed by atoms with Crippen LogP contribution in [0.3, 0.4) is 0 Å². The number of nitrogens with zero attached hydrogens (tertiary/aromatic N) is 3. The fourth-order valence-electron chi connectivity index (χ4n) is 3.47. The Balaban J connectivity index is 1.74. The van der Waals surface area contributed by atoms with E-state index < -0.39 is 0 Å². The lowest BCUT2D eigenvalue weighted by Gasteiger charge is -2.36. The summed E-state index contributed by atoms with van der Waals surface area (Å²) < 4.78 is 5.61. The third-order valence-corrected chi connectivity index (χ3v) is 4.65. The van der Waals surface area contributed by atoms with Gasteiger partial charge in [0.25, 0.3) is 0 Å². The van der Waals surface area contributed by atoms with Gasteiger partial charge in [0.15, 0.2) is 5.82 Å². The summed E-state index contributed by atoms with van der Waals surface area (Å²) in [6.45, 7) is 7.78. The van der Waals surface area contributed by atoms with Gasteiger partial charge < -0.3 is 9.84 Å². The summed E-state index contributed by atoms with van der Waals surface area (Å²) in [4.78, 5) is 7.25. The summed E-state index contributed by atoms with van der Waals surface area (Å²) in [5.41, 5.74) is 0. The van der Waals surface area contributed by atoms with Gasteiger partial charge in [0.2, 0.25) is 5.89 Å². The molecule has 0 bridgehead atoms. The number of hydrogen-bond acceptors (Lipinski definition) is 5. The molecule has 0 radical (unpaired) electrons. The first-order valence-corrected chi connectivity index (χ1v) is 8.05. The standard InChI is InChI=1S/C15H26N4O/c1-11(2)19-10-4-3-5-13(19)15-17-14(18-20-15)12-6-8-16-9-7-12/h11-13,16H,3-10H2,1-2H3. The Bertz CT molecular complexity index is 425. The van der Waals surface area contributed by atoms with Gasteiger partial charge in [0.1, 0.15) is 0 Å². The molecule has 0 spiro atoms. The van der Waals surface area contributed by atoms with Crippen molar-refractivity contribution >= 4 is 0 Å². The highest BCUT2D eigenvalue weighted by Gasteiger charge is 2.31. The molecule has 1 aromatic heterocycles. The monoisotopic (exact) mass is 278 g/mol. The van der Waals surface area contributed by atoms with Crippen molar-refractivity contribution in [2.75, 3.05) is 19.6 Å². The lowest BCUT2D eigenvalue weighted by molar-refractivity contribution is 0.0875. The van der Waals surface area contributed by atoms with Gasteiger partial charge in [-0.25, -0.2) is 0 Å². The quantitative estimate of drug-likeness (QED) is 0.920. The molecule has 1 N–H and O–H groups in total. The number of aromatic nitrogens is 2. The van der Waals surface area contributed by atoms with Gasteiger partial charge in [-0.1, -0.05) is 11.6 Å². The summed E-state index contributed by atoms with van der Waals surface area (Å²) in [5.74, 6) is 2.24. The average molecular weight is 278 g/mol. The molecule has 3 heterocycles. The second kappa shape index (κ2) is 6.22. The normalized spacial score (nSPS) is 26.2. The van der Waals surface area contributed by atoms with Gasteiger partial charge >= 0.3 is 0 Å². The van der Waals surface area contributed by atoms with E-state index in [0.717, 1.165) is 50.6 Å². The predicted octanol–water partition coefficient (Wildman–Crippen LogP) is 2.47. The van der Waals surface area contributed by atoms with E-state index in [-0.39, 0.29) is 0 Å². The fraction of sp³-hybridized carbons (Fsp3) is 0.867. The second-order valence-corrected chi connectivity index (χ2v) is 6.36. The van der Waals surface area contributed by atoms with Crippen LogP contribution in [0.4, 0.5) is 0 Å². The largest absolute Gasteiger partial charge is 0.338 e. The van der Waals surface area contributed by atoms with Crippen molar-refractivity contribution in [1.82, 2.24) is 20.4 Å². The van der Waals surface area contributed by atoms with Crippen molar-refractivity contribution < 1.29 is 4.52 Å². The minimum absolute atomic E-state index is 0.326. The van der Waals surface area contributed by atoms with Gasteiger partial charge in [-0.2, -0.15) is 4.98 Å². The van der Waals surface area contributed by atoms with E-state index in [1.165, 1.54) is 12.8 Å². The van der Waals surface area contributed by atoms with Crippen molar-refractivity contribution in [3.63, 3.8) is 0 Å². The van der Waals surface area contributed by atoms with Crippen LogP contribution in [-0.2, 0) is 0 Å². The summed E-state index contributed by atoms with van der Waals surface area (Å²) >= 11 is 0. The molecule has 0 aliphatic carbocycles. The van der Waals surface area contributed by atoms with Crippen molar-refractivity contribution in [3.05, 3.63) is 11.7 Å². The Morgan fingerprint density at radius 3 is 2.75 bits per heavy atom. The highest BCUT2D eigenvalue weighted by molar-refractivity contribution is 5.01. The highest BCUT2D eigenvalue weighted by Crippen LogP contribution is 2.32. The topological polar surface area (TPSA) is 54.2 Å². The zero-order valence-corrected chi connectivity index (χ0v) is 12.6. The van der Waals surface area contributed by atoms with E-state index in [1.807, 2.05) is 0 Å². The van der Waals surface area contributed by atoms with Gasteiger partial charge in [-0.3, -0.25) is 4.90 Å². The van der Waals surface area contributed by atoms with Crippen LogP contribution < -0.4 is 5.32 Å². The second-order valence-electron chi connectivity index (χ2n) is 6.36. The molecule has 2 aliphatic heterocycles. The van der Waals surface area contributed by atoms with Crippen LogP contribution in [0.5, 0.6) is 0 Å². The van der Waals surface area contributed by atoms with Gasteiger partial charge in [0.05, 0.1) is 6.04 Å². The fourth-order valence-corrected chi connectivity index (χ4v) is 3.47. The van der Waals surface area contributed by atoms with Crippen LogP contribution in [0.25, 0.3) is 0 Å². The maximum atomic E-state index is 5.61. The highest BCUT2D eigenvalue weighted by atomic mass is 16.5. The molecule has 3 rings (SSSR count). The first kappa shape index (κ1) is 14.0. The van der Waals surface area contributed by atoms with Crippen molar-refractivity contribution in [2.45, 2.75) is 64.0 Å². The summed E-state index contributed by atoms with van der Waals surface area (Å²) in [5, 5.41) is 7.65. The lowest BCUT2D eigenvalue weighted by Crippen LogP contribution is -2.38. The molecule has 1 aromatic rings. The number of nitrogens with one attached hydrogen (secondary N) is 1. The van der Waals surface area contributed by atoms with E-state index in [1.54, 1.807) is 0 Å². The molecule has 2 aliphatic rings. The molecular formula is C15H26N4O. The predicted molar refractivity (Wildman–Crippen MR) is 77.6 cm³/mol. The maximum Gasteiger partial charge on any atom is 0.244 e. The van der Waals surface area contributed by atoms with Crippen LogP contribution in [0.15, 0.2) is 4.52 Å². The van der Waals surface area contributed by atoms with Crippen molar-refractivity contribution in [1.29, 1.82) is 0 Å². The summed E-state index contributed by atoms with van der Waals surface area (Å²) in [6, 6.07) is 0.862. The van der Waals surface area contributed by atoms with Crippen LogP contribution in [0.2, 0.25) is 0 Å². The van der Waals surface area contributed by atoms with Crippen LogP contribution >= 0.6 is 0 Å². The molecule has 0 amide bonds. The molecule has 2 saturated heterocycles. The van der Waals surface area contributed by atoms with E-state index in [2.05, 4.69) is 29.2 Å². The molecular weight excluding hydrogens is 252 g/mol. The van der Waals surface area contributed by atoms with Gasteiger partial charge in [-0.05, 0) is 59.2 Å². The molecule has 5 heteroatoms. The van der Waals surface area contributed by atoms with Gasteiger partial charge in [-0.15, -0.1) is 0 Å². The third-order valence-electron chi connectivity index (χ3n) is 4.65. The molecule has 0 saturated carbocycles.